The number of rotatable bonds is 5. The number of nitrogens with one attached hydrogen (secondary N) is 1. The molecule has 0 saturated heterocycles. The maximum atomic E-state index is 12.5. The zero-order valence-electron chi connectivity index (χ0n) is 17.2. The van der Waals surface area contributed by atoms with E-state index in [1.165, 1.54) is 0 Å². The summed E-state index contributed by atoms with van der Waals surface area (Å²) in [5, 5.41) is 15.8. The van der Waals surface area contributed by atoms with Gasteiger partial charge in [-0.3, -0.25) is 9.78 Å². The Morgan fingerprint density at radius 2 is 1.97 bits per heavy atom. The molecule has 3 aromatic heterocycles. The smallest absolute Gasteiger partial charge is 0.226 e. The van der Waals surface area contributed by atoms with E-state index in [2.05, 4.69) is 25.6 Å². The van der Waals surface area contributed by atoms with Crippen LogP contribution < -0.4 is 10.1 Å². The molecular formula is C23H19ClN6O2. The van der Waals surface area contributed by atoms with E-state index in [0.29, 0.717) is 29.8 Å². The molecule has 0 saturated carbocycles. The molecule has 4 aromatic rings. The molecule has 1 aliphatic rings. The van der Waals surface area contributed by atoms with Gasteiger partial charge >= 0.3 is 0 Å². The molecule has 1 aliphatic heterocycles. The first-order valence-electron chi connectivity index (χ1n) is 10.1. The average molecular weight is 447 g/mol. The Morgan fingerprint density at radius 1 is 1.12 bits per heavy atom. The first-order chi connectivity index (χ1) is 15.6. The third kappa shape index (κ3) is 3.92. The van der Waals surface area contributed by atoms with Crippen molar-refractivity contribution >= 4 is 23.3 Å². The van der Waals surface area contributed by atoms with Crippen LogP contribution >= 0.6 is 11.6 Å². The molecular weight excluding hydrogens is 428 g/mol. The van der Waals surface area contributed by atoms with Gasteiger partial charge in [-0.25, -0.2) is 0 Å². The van der Waals surface area contributed by atoms with Crippen LogP contribution in [-0.2, 0) is 11.4 Å². The largest absolute Gasteiger partial charge is 0.487 e. The van der Waals surface area contributed by atoms with Crippen molar-refractivity contribution in [1.29, 1.82) is 0 Å². The molecule has 8 nitrogen and oxygen atoms in total. The van der Waals surface area contributed by atoms with E-state index in [1.807, 2.05) is 49.4 Å². The first kappa shape index (κ1) is 20.1. The number of nitrogens with zero attached hydrogens (tertiary/aromatic N) is 5. The van der Waals surface area contributed by atoms with Crippen molar-refractivity contribution in [3.8, 4) is 11.6 Å². The Bertz CT molecular complexity index is 1260. The highest BCUT2D eigenvalue weighted by atomic mass is 35.5. The van der Waals surface area contributed by atoms with Crippen LogP contribution in [-0.4, -0.2) is 30.9 Å². The van der Waals surface area contributed by atoms with Crippen molar-refractivity contribution in [2.24, 2.45) is 0 Å². The van der Waals surface area contributed by atoms with Gasteiger partial charge in [0.05, 0.1) is 11.4 Å². The fourth-order valence-corrected chi connectivity index (χ4v) is 3.96. The third-order valence-electron chi connectivity index (χ3n) is 5.33. The molecule has 1 aromatic carbocycles. The minimum atomic E-state index is -0.127. The number of carbonyl (C=O) groups is 1. The number of pyridine rings is 1. The van der Waals surface area contributed by atoms with Gasteiger partial charge < -0.3 is 10.1 Å². The number of amides is 1. The maximum absolute atomic E-state index is 12.5. The summed E-state index contributed by atoms with van der Waals surface area (Å²) in [5.41, 5.74) is 3.65. The summed E-state index contributed by atoms with van der Waals surface area (Å²) < 4.78 is 7.44. The number of carbonyl (C=O) groups excluding carboxylic acids is 1. The van der Waals surface area contributed by atoms with Crippen LogP contribution in [0, 0.1) is 6.92 Å². The lowest BCUT2D eigenvalue weighted by Crippen LogP contribution is -2.25. The van der Waals surface area contributed by atoms with Gasteiger partial charge in [0.15, 0.2) is 11.0 Å². The van der Waals surface area contributed by atoms with E-state index in [4.69, 9.17) is 16.3 Å². The van der Waals surface area contributed by atoms with Crippen molar-refractivity contribution in [3.63, 3.8) is 0 Å². The molecule has 0 spiro atoms. The number of ether oxygens (including phenoxy) is 1. The molecule has 1 unspecified atom stereocenters. The van der Waals surface area contributed by atoms with Crippen LogP contribution in [0.1, 0.15) is 34.9 Å². The van der Waals surface area contributed by atoms with Crippen molar-refractivity contribution in [2.45, 2.75) is 25.9 Å². The summed E-state index contributed by atoms with van der Waals surface area (Å²) >= 11 is 5.86. The quantitative estimate of drug-likeness (QED) is 0.496. The van der Waals surface area contributed by atoms with E-state index < -0.39 is 0 Å². The van der Waals surface area contributed by atoms with Gasteiger partial charge in [-0.15, -0.1) is 10.2 Å². The Labute approximate surface area is 189 Å². The van der Waals surface area contributed by atoms with E-state index >= 15 is 0 Å². The van der Waals surface area contributed by atoms with Crippen LogP contribution in [0.3, 0.4) is 0 Å². The number of hydrogen-bond donors (Lipinski definition) is 1. The number of anilines is 1. The fourth-order valence-electron chi connectivity index (χ4n) is 3.86. The summed E-state index contributed by atoms with van der Waals surface area (Å²) in [6.07, 6.45) is 2.07. The molecule has 1 amide bonds. The Hall–Kier alpha value is -3.78. The second-order valence-corrected chi connectivity index (χ2v) is 7.84. The highest BCUT2D eigenvalue weighted by molar-refractivity contribution is 6.29. The Morgan fingerprint density at radius 3 is 2.69 bits per heavy atom. The van der Waals surface area contributed by atoms with E-state index in [-0.39, 0.29) is 11.8 Å². The van der Waals surface area contributed by atoms with Gasteiger partial charge in [0, 0.05) is 24.1 Å². The number of fused-ring (bicyclic) bond motifs is 1. The standard InChI is InChI=1S/C23H19ClN6O2/c1-14-22-18(15-5-7-17(8-6-15)32-13-16-4-2-3-11-25-16)12-21(31)26-23(22)30(29-14)20-10-9-19(24)27-28-20/h2-11,18H,12-13H2,1H3,(H,26,31). The lowest BCUT2D eigenvalue weighted by atomic mass is 9.86. The van der Waals surface area contributed by atoms with Crippen molar-refractivity contribution in [2.75, 3.05) is 5.32 Å². The predicted octanol–water partition coefficient (Wildman–Crippen LogP) is 4.07. The predicted molar refractivity (Wildman–Crippen MR) is 119 cm³/mol. The van der Waals surface area contributed by atoms with Crippen LogP contribution in [0.25, 0.3) is 5.82 Å². The summed E-state index contributed by atoms with van der Waals surface area (Å²) in [4.78, 5) is 16.8. The normalized spacial score (nSPS) is 15.2. The summed E-state index contributed by atoms with van der Waals surface area (Å²) in [7, 11) is 0. The van der Waals surface area contributed by atoms with Gasteiger partial charge in [0.1, 0.15) is 18.2 Å². The average Bonchev–Trinajstić information content (AvgIpc) is 3.15. The summed E-state index contributed by atoms with van der Waals surface area (Å²) in [6, 6.07) is 16.9. The van der Waals surface area contributed by atoms with Gasteiger partial charge in [0.2, 0.25) is 5.91 Å². The highest BCUT2D eigenvalue weighted by Gasteiger charge is 2.33. The molecule has 9 heteroatoms. The Balaban J connectivity index is 1.43. The van der Waals surface area contributed by atoms with Crippen molar-refractivity contribution < 1.29 is 9.53 Å². The zero-order chi connectivity index (χ0) is 22.1. The van der Waals surface area contributed by atoms with Crippen LogP contribution in [0.2, 0.25) is 5.15 Å². The van der Waals surface area contributed by atoms with E-state index in [1.54, 1.807) is 23.0 Å². The third-order valence-corrected chi connectivity index (χ3v) is 5.53. The fraction of sp³-hybridized carbons (Fsp3) is 0.174. The molecule has 1 N–H and O–H groups in total. The molecule has 0 radical (unpaired) electrons. The van der Waals surface area contributed by atoms with Gasteiger partial charge in [-0.1, -0.05) is 29.8 Å². The molecule has 5 rings (SSSR count). The number of hydrogen-bond acceptors (Lipinski definition) is 6. The van der Waals surface area contributed by atoms with E-state index in [9.17, 15) is 4.79 Å². The summed E-state index contributed by atoms with van der Waals surface area (Å²) in [5.74, 6) is 1.62. The molecule has 0 aliphatic carbocycles. The van der Waals surface area contributed by atoms with Gasteiger partial charge in [0.25, 0.3) is 0 Å². The van der Waals surface area contributed by atoms with Crippen LogP contribution in [0.4, 0.5) is 5.82 Å². The maximum Gasteiger partial charge on any atom is 0.226 e. The Kier molecular flexibility index (Phi) is 5.28. The minimum Gasteiger partial charge on any atom is -0.487 e. The summed E-state index contributed by atoms with van der Waals surface area (Å²) in [6.45, 7) is 2.32. The molecule has 160 valence electrons. The molecule has 4 heterocycles. The van der Waals surface area contributed by atoms with E-state index in [0.717, 1.165) is 28.3 Å². The van der Waals surface area contributed by atoms with Crippen LogP contribution in [0.15, 0.2) is 60.8 Å². The van der Waals surface area contributed by atoms with Crippen LogP contribution in [0.5, 0.6) is 5.75 Å². The number of halogens is 1. The topological polar surface area (TPSA) is 94.8 Å². The first-order valence-corrected chi connectivity index (χ1v) is 10.5. The SMILES string of the molecule is Cc1nn(-c2ccc(Cl)nn2)c2c1C(c1ccc(OCc3ccccn3)cc1)CC(=O)N2. The second kappa shape index (κ2) is 8.39. The minimum absolute atomic E-state index is 0.0824. The lowest BCUT2D eigenvalue weighted by molar-refractivity contribution is -0.116. The number of benzene rings is 1. The molecule has 1 atom stereocenters. The lowest BCUT2D eigenvalue weighted by Gasteiger charge is -2.24. The van der Waals surface area contributed by atoms with Gasteiger partial charge in [-0.2, -0.15) is 9.78 Å². The zero-order valence-corrected chi connectivity index (χ0v) is 18.0. The number of aryl methyl sites for hydroxylation is 1. The van der Waals surface area contributed by atoms with Crippen molar-refractivity contribution in [3.05, 3.63) is 88.5 Å². The highest BCUT2D eigenvalue weighted by Crippen LogP contribution is 2.40. The monoisotopic (exact) mass is 446 g/mol. The molecule has 32 heavy (non-hydrogen) atoms. The number of aromatic nitrogens is 5. The molecule has 0 bridgehead atoms. The second-order valence-electron chi connectivity index (χ2n) is 7.46. The molecule has 0 fully saturated rings. The van der Waals surface area contributed by atoms with Gasteiger partial charge in [-0.05, 0) is 48.9 Å². The van der Waals surface area contributed by atoms with Crippen molar-refractivity contribution in [1.82, 2.24) is 25.0 Å².